The third kappa shape index (κ3) is 10.3. The van der Waals surface area contributed by atoms with Gasteiger partial charge in [-0.05, 0) is 44.5 Å². The van der Waals surface area contributed by atoms with E-state index in [0.29, 0.717) is 25.7 Å². The van der Waals surface area contributed by atoms with Gasteiger partial charge in [-0.2, -0.15) is 0 Å². The first-order valence-electron chi connectivity index (χ1n) is 12.6. The number of nitrogens with zero attached hydrogens (tertiary/aromatic N) is 2. The van der Waals surface area contributed by atoms with Crippen LogP contribution in [0, 0.1) is 0 Å². The minimum Gasteiger partial charge on any atom is -0.493 e. The number of rotatable bonds is 7. The highest BCUT2D eigenvalue weighted by Gasteiger charge is 2.26. The van der Waals surface area contributed by atoms with Gasteiger partial charge in [0.15, 0.2) is 0 Å². The fraction of sp³-hybridized carbons (Fsp3) is 0.731. The predicted molar refractivity (Wildman–Crippen MR) is 133 cm³/mol. The molecule has 2 heterocycles. The summed E-state index contributed by atoms with van der Waals surface area (Å²) < 4.78 is 11.5. The summed E-state index contributed by atoms with van der Waals surface area (Å²) in [6.45, 7) is 18.8. The number of fused-ring (bicyclic) bond motifs is 1. The van der Waals surface area contributed by atoms with Crippen LogP contribution in [0.25, 0.3) is 0 Å². The lowest BCUT2D eigenvalue weighted by atomic mass is 9.99. The average molecular weight is 450 g/mol. The fourth-order valence-electron chi connectivity index (χ4n) is 3.90. The van der Waals surface area contributed by atoms with Crippen LogP contribution in [0.2, 0.25) is 0 Å². The molecule has 1 N–H and O–H groups in total. The van der Waals surface area contributed by atoms with Gasteiger partial charge >= 0.3 is 0 Å². The molecule has 1 aliphatic carbocycles. The Morgan fingerprint density at radius 3 is 2.66 bits per heavy atom. The van der Waals surface area contributed by atoms with Gasteiger partial charge in [0, 0.05) is 45.2 Å². The summed E-state index contributed by atoms with van der Waals surface area (Å²) in [5.74, 6) is 1.10. The first-order chi connectivity index (χ1) is 15.6. The van der Waals surface area contributed by atoms with Gasteiger partial charge in [-0.25, -0.2) is 0 Å². The lowest BCUT2D eigenvalue weighted by molar-refractivity contribution is -0.120. The molecule has 0 radical (unpaired) electrons. The topological polar surface area (TPSA) is 54.0 Å². The summed E-state index contributed by atoms with van der Waals surface area (Å²) in [7, 11) is 0. The minimum atomic E-state index is 0.0900. The number of carbonyl (C=O) groups is 1. The molecule has 0 aromatic heterocycles. The highest BCUT2D eigenvalue weighted by atomic mass is 16.6. The predicted octanol–water partition coefficient (Wildman–Crippen LogP) is 4.49. The Morgan fingerprint density at radius 2 is 1.97 bits per heavy atom. The van der Waals surface area contributed by atoms with Gasteiger partial charge in [0.1, 0.15) is 18.5 Å². The number of ether oxygens (including phenoxy) is 2. The van der Waals surface area contributed by atoms with E-state index in [4.69, 9.17) is 9.47 Å². The summed E-state index contributed by atoms with van der Waals surface area (Å²) in [5, 5.41) is 2.78. The molecule has 0 aromatic rings. The van der Waals surface area contributed by atoms with Crippen LogP contribution in [0.4, 0.5) is 0 Å². The molecule has 0 saturated carbocycles. The van der Waals surface area contributed by atoms with E-state index in [-0.39, 0.29) is 12.0 Å². The molecule has 0 bridgehead atoms. The van der Waals surface area contributed by atoms with Crippen LogP contribution in [-0.4, -0.2) is 73.8 Å². The third-order valence-electron chi connectivity index (χ3n) is 5.51. The molecule has 6 heteroatoms. The maximum atomic E-state index is 11.8. The van der Waals surface area contributed by atoms with Gasteiger partial charge in [0.05, 0.1) is 6.61 Å². The number of hydrogen-bond donors (Lipinski definition) is 1. The van der Waals surface area contributed by atoms with Crippen molar-refractivity contribution in [2.24, 2.45) is 0 Å². The van der Waals surface area contributed by atoms with Crippen LogP contribution < -0.4 is 5.32 Å². The van der Waals surface area contributed by atoms with Crippen molar-refractivity contribution in [1.29, 1.82) is 0 Å². The van der Waals surface area contributed by atoms with Crippen LogP contribution in [0.1, 0.15) is 67.2 Å². The van der Waals surface area contributed by atoms with Crippen molar-refractivity contribution in [1.82, 2.24) is 15.1 Å². The molecule has 2 atom stereocenters. The quantitative estimate of drug-likeness (QED) is 0.620. The normalized spacial score (nSPS) is 23.4. The summed E-state index contributed by atoms with van der Waals surface area (Å²) in [5.41, 5.74) is 1.36. The van der Waals surface area contributed by atoms with E-state index in [2.05, 4.69) is 48.0 Å². The molecule has 3 rings (SSSR count). The minimum absolute atomic E-state index is 0.0900. The van der Waals surface area contributed by atoms with Crippen molar-refractivity contribution < 1.29 is 14.3 Å². The van der Waals surface area contributed by atoms with Gasteiger partial charge in [0.2, 0.25) is 5.91 Å². The van der Waals surface area contributed by atoms with Gasteiger partial charge in [0.25, 0.3) is 0 Å². The second-order valence-corrected chi connectivity index (χ2v) is 8.23. The first kappa shape index (κ1) is 28.4. The summed E-state index contributed by atoms with van der Waals surface area (Å²) in [6, 6.07) is 0.478. The van der Waals surface area contributed by atoms with Crippen LogP contribution >= 0.6 is 0 Å². The zero-order valence-electron chi connectivity index (χ0n) is 21.4. The Balaban J connectivity index is 0.000000944. The van der Waals surface area contributed by atoms with E-state index >= 15 is 0 Å². The lowest BCUT2D eigenvalue weighted by Crippen LogP contribution is -2.52. The molecule has 2 unspecified atom stereocenters. The Labute approximate surface area is 196 Å². The van der Waals surface area contributed by atoms with Gasteiger partial charge in [-0.3, -0.25) is 9.69 Å². The lowest BCUT2D eigenvalue weighted by Gasteiger charge is -2.40. The molecule has 0 spiro atoms. The number of nitrogens with one attached hydrogen (secondary N) is 1. The second-order valence-electron chi connectivity index (χ2n) is 8.23. The average Bonchev–Trinajstić information content (AvgIpc) is 2.82. The number of allylic oxidation sites excluding steroid dienone is 2. The number of carbonyl (C=O) groups excluding carboxylic acids is 1. The molecule has 2 aliphatic heterocycles. The highest BCUT2D eigenvalue weighted by Crippen LogP contribution is 2.26. The third-order valence-corrected chi connectivity index (χ3v) is 5.51. The largest absolute Gasteiger partial charge is 0.493 e. The van der Waals surface area contributed by atoms with E-state index in [1.54, 1.807) is 6.20 Å². The Hall–Kier alpha value is -1.63. The molecule has 3 aliphatic rings. The summed E-state index contributed by atoms with van der Waals surface area (Å²) >= 11 is 0. The Morgan fingerprint density at radius 1 is 1.22 bits per heavy atom. The molecule has 32 heavy (non-hydrogen) atoms. The molecule has 1 amide bonds. The smallest absolute Gasteiger partial charge is 0.225 e. The van der Waals surface area contributed by atoms with Crippen molar-refractivity contribution in [3.63, 3.8) is 0 Å². The van der Waals surface area contributed by atoms with E-state index in [0.717, 1.165) is 51.3 Å². The molecule has 184 valence electrons. The van der Waals surface area contributed by atoms with Crippen molar-refractivity contribution in [2.45, 2.75) is 79.4 Å². The number of amides is 1. The van der Waals surface area contributed by atoms with Crippen LogP contribution in [0.3, 0.4) is 0 Å². The van der Waals surface area contributed by atoms with Crippen LogP contribution in [-0.2, 0) is 14.3 Å². The molecular weight excluding hydrogens is 402 g/mol. The zero-order valence-corrected chi connectivity index (χ0v) is 21.4. The van der Waals surface area contributed by atoms with Crippen LogP contribution in [0.15, 0.2) is 35.8 Å². The molecule has 6 nitrogen and oxygen atoms in total. The van der Waals surface area contributed by atoms with Gasteiger partial charge in [-0.15, -0.1) is 0 Å². The monoisotopic (exact) mass is 449 g/mol. The van der Waals surface area contributed by atoms with Crippen molar-refractivity contribution >= 4 is 5.91 Å². The van der Waals surface area contributed by atoms with Crippen LogP contribution in [0.5, 0.6) is 0 Å². The number of hydrogen-bond acceptors (Lipinski definition) is 5. The van der Waals surface area contributed by atoms with E-state index in [9.17, 15) is 4.79 Å². The van der Waals surface area contributed by atoms with Crippen molar-refractivity contribution in [3.8, 4) is 0 Å². The number of piperazine rings is 1. The second kappa shape index (κ2) is 16.9. The Bertz CT molecular complexity index is 615. The van der Waals surface area contributed by atoms with Crippen molar-refractivity contribution in [2.75, 3.05) is 45.9 Å². The summed E-state index contributed by atoms with van der Waals surface area (Å²) in [4.78, 5) is 16.7. The first-order valence-corrected chi connectivity index (χ1v) is 12.6. The highest BCUT2D eigenvalue weighted by molar-refractivity contribution is 5.77. The molecule has 2 saturated heterocycles. The van der Waals surface area contributed by atoms with Gasteiger partial charge in [-0.1, -0.05) is 46.3 Å². The maximum Gasteiger partial charge on any atom is 0.225 e. The molecule has 2 fully saturated rings. The summed E-state index contributed by atoms with van der Waals surface area (Å²) in [6.07, 6.45) is 11.9. The van der Waals surface area contributed by atoms with E-state index < -0.39 is 0 Å². The zero-order chi connectivity index (χ0) is 23.8. The Kier molecular flexibility index (Phi) is 15.0. The fourth-order valence-corrected chi connectivity index (χ4v) is 3.90. The van der Waals surface area contributed by atoms with Gasteiger partial charge < -0.3 is 19.7 Å². The van der Waals surface area contributed by atoms with E-state index in [1.165, 1.54) is 12.0 Å². The SMILES string of the molecule is C/C=C/NC(=O)CCN1CCN(CCC2=CCC3OCCOC3=C2)CC1C.CC.CCC. The standard InChI is InChI=1S/C21H33N3O3.C3H8.C2H6/c1-3-8-22-21(25)7-10-24-12-11-23(16-17(24)2)9-6-18-4-5-19-20(15-18)27-14-13-26-19;1-3-2;1-2/h3-4,8,15,17,19H,5-7,9-14,16H2,1-2H3,(H,22,25);3H2,1-2H3;1-2H3/b8-3+;;. The van der Waals surface area contributed by atoms with E-state index in [1.807, 2.05) is 26.8 Å². The van der Waals surface area contributed by atoms with Crippen molar-refractivity contribution in [3.05, 3.63) is 35.8 Å². The molecular formula is C26H47N3O3. The maximum absolute atomic E-state index is 11.8. The molecule has 0 aromatic carbocycles.